The van der Waals surface area contributed by atoms with Crippen molar-refractivity contribution in [2.45, 2.75) is 52.0 Å². The summed E-state index contributed by atoms with van der Waals surface area (Å²) in [5.74, 6) is 0.313. The number of carbonyl (C=O) groups excluding carboxylic acids is 2. The maximum absolute atomic E-state index is 12.9. The third-order valence-electron chi connectivity index (χ3n) is 5.76. The number of hydrogen-bond acceptors (Lipinski definition) is 7. The van der Waals surface area contributed by atoms with Gasteiger partial charge in [-0.3, -0.25) is 9.48 Å². The summed E-state index contributed by atoms with van der Waals surface area (Å²) in [5, 5.41) is 17.9. The molecule has 0 spiro atoms. The summed E-state index contributed by atoms with van der Waals surface area (Å²) in [6.07, 6.45) is 1.89. The Hall–Kier alpha value is -2.98. The van der Waals surface area contributed by atoms with E-state index in [1.165, 1.54) is 4.90 Å². The van der Waals surface area contributed by atoms with Crippen molar-refractivity contribution < 1.29 is 24.2 Å². The SMILES string of the molecule is C[C@@H]1CN([C@H](C)CO)C(=O)CCCn2cc(nn2)CO[C@H]1CN(C)C(=O)Oc1ccccc1. The zero-order chi connectivity index (χ0) is 23.8. The Morgan fingerprint density at radius 1 is 1.36 bits per heavy atom. The van der Waals surface area contributed by atoms with Crippen LogP contribution in [0.4, 0.5) is 4.79 Å². The minimum atomic E-state index is -0.498. The van der Waals surface area contributed by atoms with Gasteiger partial charge < -0.3 is 24.4 Å². The molecule has 0 aliphatic carbocycles. The minimum absolute atomic E-state index is 0.0291. The van der Waals surface area contributed by atoms with Gasteiger partial charge in [0.1, 0.15) is 11.4 Å². The number of rotatable bonds is 5. The summed E-state index contributed by atoms with van der Waals surface area (Å²) >= 11 is 0. The van der Waals surface area contributed by atoms with Crippen molar-refractivity contribution in [1.29, 1.82) is 0 Å². The Balaban J connectivity index is 1.75. The van der Waals surface area contributed by atoms with E-state index in [1.807, 2.05) is 26.1 Å². The molecule has 10 nitrogen and oxygen atoms in total. The minimum Gasteiger partial charge on any atom is -0.410 e. The van der Waals surface area contributed by atoms with E-state index >= 15 is 0 Å². The number of para-hydroxylation sites is 1. The predicted molar refractivity (Wildman–Crippen MR) is 120 cm³/mol. The van der Waals surface area contributed by atoms with Crippen molar-refractivity contribution in [1.82, 2.24) is 24.8 Å². The van der Waals surface area contributed by atoms with Crippen molar-refractivity contribution in [3.8, 4) is 5.75 Å². The van der Waals surface area contributed by atoms with E-state index in [4.69, 9.17) is 9.47 Å². The number of likely N-dealkylation sites (N-methyl/N-ethyl adjacent to an activating group) is 1. The molecule has 2 heterocycles. The van der Waals surface area contributed by atoms with Gasteiger partial charge in [0, 0.05) is 32.5 Å². The fourth-order valence-electron chi connectivity index (χ4n) is 3.70. The van der Waals surface area contributed by atoms with Gasteiger partial charge in [0.25, 0.3) is 0 Å². The molecular formula is C23H33N5O5. The molecule has 0 unspecified atom stereocenters. The van der Waals surface area contributed by atoms with E-state index in [2.05, 4.69) is 10.3 Å². The first-order chi connectivity index (χ1) is 15.9. The highest BCUT2D eigenvalue weighted by Gasteiger charge is 2.29. The van der Waals surface area contributed by atoms with Crippen molar-refractivity contribution in [3.05, 3.63) is 42.2 Å². The van der Waals surface area contributed by atoms with Crippen molar-refractivity contribution in [2.75, 3.05) is 26.7 Å². The highest BCUT2D eigenvalue weighted by atomic mass is 16.6. The van der Waals surface area contributed by atoms with Crippen LogP contribution in [0.15, 0.2) is 36.5 Å². The molecule has 0 saturated heterocycles. The number of aliphatic hydroxyl groups excluding tert-OH is 1. The first-order valence-corrected chi connectivity index (χ1v) is 11.3. The zero-order valence-corrected chi connectivity index (χ0v) is 19.5. The first-order valence-electron chi connectivity index (χ1n) is 11.3. The van der Waals surface area contributed by atoms with Gasteiger partial charge in [-0.15, -0.1) is 5.10 Å². The van der Waals surface area contributed by atoms with Gasteiger partial charge in [-0.05, 0) is 25.5 Å². The second kappa shape index (κ2) is 11.8. The highest BCUT2D eigenvalue weighted by molar-refractivity contribution is 5.76. The zero-order valence-electron chi connectivity index (χ0n) is 19.5. The molecule has 1 aromatic carbocycles. The maximum atomic E-state index is 12.9. The molecule has 10 heteroatoms. The number of aryl methyl sites for hydroxylation is 1. The van der Waals surface area contributed by atoms with Crippen LogP contribution in [0.3, 0.4) is 0 Å². The molecule has 180 valence electrons. The quantitative estimate of drug-likeness (QED) is 0.727. The van der Waals surface area contributed by atoms with Crippen molar-refractivity contribution >= 4 is 12.0 Å². The molecule has 0 fully saturated rings. The molecule has 3 rings (SSSR count). The molecule has 0 radical (unpaired) electrons. The van der Waals surface area contributed by atoms with E-state index in [-0.39, 0.29) is 37.6 Å². The Morgan fingerprint density at radius 3 is 2.85 bits per heavy atom. The van der Waals surface area contributed by atoms with Gasteiger partial charge in [-0.25, -0.2) is 4.79 Å². The Bertz CT molecular complexity index is 906. The van der Waals surface area contributed by atoms with Crippen LogP contribution in [0.2, 0.25) is 0 Å². The number of carbonyl (C=O) groups is 2. The number of nitrogens with zero attached hydrogens (tertiary/aromatic N) is 5. The molecule has 2 amide bonds. The largest absolute Gasteiger partial charge is 0.415 e. The number of amides is 2. The normalized spacial score (nSPS) is 20.8. The molecule has 1 aliphatic rings. The summed E-state index contributed by atoms with van der Waals surface area (Å²) in [5.41, 5.74) is 0.688. The summed E-state index contributed by atoms with van der Waals surface area (Å²) in [7, 11) is 1.65. The van der Waals surface area contributed by atoms with Gasteiger partial charge in [0.05, 0.1) is 38.1 Å². The third-order valence-corrected chi connectivity index (χ3v) is 5.76. The van der Waals surface area contributed by atoms with Gasteiger partial charge >= 0.3 is 6.09 Å². The van der Waals surface area contributed by atoms with E-state index in [0.717, 1.165) is 0 Å². The van der Waals surface area contributed by atoms with Crippen LogP contribution in [0.1, 0.15) is 32.4 Å². The third kappa shape index (κ3) is 7.00. The Labute approximate surface area is 194 Å². The van der Waals surface area contributed by atoms with E-state index in [0.29, 0.717) is 37.4 Å². The van der Waals surface area contributed by atoms with Gasteiger partial charge in [-0.2, -0.15) is 0 Å². The first kappa shape index (κ1) is 24.7. The Kier molecular flexibility index (Phi) is 8.79. The smallest absolute Gasteiger partial charge is 0.410 e. The summed E-state index contributed by atoms with van der Waals surface area (Å²) < 4.78 is 13.3. The van der Waals surface area contributed by atoms with Crippen LogP contribution in [-0.4, -0.2) is 80.8 Å². The number of benzene rings is 1. The molecule has 2 bridgehead atoms. The lowest BCUT2D eigenvalue weighted by Crippen LogP contribution is -2.48. The van der Waals surface area contributed by atoms with Crippen molar-refractivity contribution in [2.24, 2.45) is 5.92 Å². The van der Waals surface area contributed by atoms with E-state index < -0.39 is 12.2 Å². The van der Waals surface area contributed by atoms with Crippen LogP contribution in [-0.2, 0) is 22.7 Å². The number of aromatic nitrogens is 3. The molecule has 3 atom stereocenters. The fraction of sp³-hybridized carbons (Fsp3) is 0.565. The highest BCUT2D eigenvalue weighted by Crippen LogP contribution is 2.18. The maximum Gasteiger partial charge on any atom is 0.415 e. The van der Waals surface area contributed by atoms with Gasteiger partial charge in [0.15, 0.2) is 0 Å². The lowest BCUT2D eigenvalue weighted by Gasteiger charge is -2.35. The second-order valence-electron chi connectivity index (χ2n) is 8.54. The number of aliphatic hydroxyl groups is 1. The van der Waals surface area contributed by atoms with Crippen LogP contribution >= 0.6 is 0 Å². The molecule has 1 aromatic heterocycles. The van der Waals surface area contributed by atoms with E-state index in [9.17, 15) is 14.7 Å². The molecule has 1 aliphatic heterocycles. The van der Waals surface area contributed by atoms with Crippen molar-refractivity contribution in [3.63, 3.8) is 0 Å². The lowest BCUT2D eigenvalue weighted by molar-refractivity contribution is -0.136. The number of ether oxygens (including phenoxy) is 2. The van der Waals surface area contributed by atoms with Gasteiger partial charge in [0.2, 0.25) is 5.91 Å². The topological polar surface area (TPSA) is 110 Å². The molecule has 1 N–H and O–H groups in total. The standard InChI is InChI=1S/C23H33N5O5/c1-17-12-28(18(2)15-29)22(30)10-7-11-27-13-19(24-25-27)16-32-21(17)14-26(3)23(31)33-20-8-5-4-6-9-20/h4-6,8-9,13,17-18,21,29H,7,10-12,14-16H2,1-3H3/t17-,18-,21+/m1/s1. The fourth-order valence-corrected chi connectivity index (χ4v) is 3.70. The van der Waals surface area contributed by atoms with Gasteiger partial charge in [-0.1, -0.05) is 30.3 Å². The lowest BCUT2D eigenvalue weighted by atomic mass is 10.0. The number of hydrogen-bond donors (Lipinski definition) is 1. The predicted octanol–water partition coefficient (Wildman–Crippen LogP) is 1.93. The van der Waals surface area contributed by atoms with Crippen LogP contribution in [0.5, 0.6) is 5.75 Å². The van der Waals surface area contributed by atoms with Crippen LogP contribution in [0, 0.1) is 5.92 Å². The molecule has 0 saturated carbocycles. The van der Waals surface area contributed by atoms with Crippen LogP contribution < -0.4 is 4.74 Å². The summed E-state index contributed by atoms with van der Waals surface area (Å²) in [4.78, 5) is 28.7. The second-order valence-corrected chi connectivity index (χ2v) is 8.54. The van der Waals surface area contributed by atoms with E-state index in [1.54, 1.807) is 40.9 Å². The van der Waals surface area contributed by atoms with Crippen LogP contribution in [0.25, 0.3) is 0 Å². The summed E-state index contributed by atoms with van der Waals surface area (Å²) in [6.45, 7) is 5.15. The average molecular weight is 460 g/mol. The number of fused-ring (bicyclic) bond motifs is 2. The monoisotopic (exact) mass is 459 g/mol. The molecular weight excluding hydrogens is 426 g/mol. The molecule has 2 aromatic rings. The average Bonchev–Trinajstić information content (AvgIpc) is 3.27. The summed E-state index contributed by atoms with van der Waals surface area (Å²) in [6, 6.07) is 8.55. The molecule has 33 heavy (non-hydrogen) atoms. The Morgan fingerprint density at radius 2 is 2.12 bits per heavy atom.